The maximum Gasteiger partial charge on any atom is 0.338 e. The lowest BCUT2D eigenvalue weighted by Crippen LogP contribution is -2.63. The van der Waals surface area contributed by atoms with E-state index in [4.69, 9.17) is 20.4 Å². The van der Waals surface area contributed by atoms with Crippen molar-refractivity contribution in [1.82, 2.24) is 5.32 Å². The number of thioether (sulfide) groups is 1. The van der Waals surface area contributed by atoms with E-state index in [1.165, 1.54) is 11.8 Å². The number of carbonyl (C=O) groups is 4. The molecule has 0 bridgehead atoms. The highest BCUT2D eigenvalue weighted by Gasteiger charge is 2.51. The van der Waals surface area contributed by atoms with Crippen LogP contribution in [0, 0.1) is 0 Å². The molecule has 22 heavy (non-hydrogen) atoms. The van der Waals surface area contributed by atoms with Gasteiger partial charge in [0, 0.05) is 0 Å². The van der Waals surface area contributed by atoms with Gasteiger partial charge in [0.2, 0.25) is 0 Å². The lowest BCUT2D eigenvalue weighted by atomic mass is 9.89. The molecule has 0 aliphatic heterocycles. The number of nitrogens with one attached hydrogen (secondary N) is 1. The summed E-state index contributed by atoms with van der Waals surface area (Å²) in [6.45, 7) is 0. The predicted octanol–water partition coefficient (Wildman–Crippen LogP) is -1.47. The van der Waals surface area contributed by atoms with E-state index < -0.39 is 48.0 Å². The second-order valence-corrected chi connectivity index (χ2v) is 5.40. The van der Waals surface area contributed by atoms with Crippen LogP contribution in [0.15, 0.2) is 0 Å². The van der Waals surface area contributed by atoms with Crippen molar-refractivity contribution in [3.63, 3.8) is 0 Å². The van der Waals surface area contributed by atoms with Gasteiger partial charge in [0.25, 0.3) is 0 Å². The van der Waals surface area contributed by atoms with Crippen LogP contribution >= 0.6 is 11.8 Å². The summed E-state index contributed by atoms with van der Waals surface area (Å²) in [4.78, 5) is 44.0. The van der Waals surface area contributed by atoms with Gasteiger partial charge in [-0.05, 0) is 18.4 Å². The molecule has 0 heterocycles. The molecule has 10 nitrogen and oxygen atoms in total. The zero-order chi connectivity index (χ0) is 17.5. The molecule has 126 valence electrons. The third kappa shape index (κ3) is 5.50. The lowest BCUT2D eigenvalue weighted by molar-refractivity contribution is -0.175. The Bertz CT molecular complexity index is 455. The number of carboxylic acids is 4. The van der Waals surface area contributed by atoms with Crippen LogP contribution < -0.4 is 5.32 Å². The summed E-state index contributed by atoms with van der Waals surface area (Å²) in [5.74, 6) is -6.80. The predicted molar refractivity (Wildman–Crippen MR) is 73.8 cm³/mol. The van der Waals surface area contributed by atoms with Gasteiger partial charge < -0.3 is 25.5 Å². The van der Waals surface area contributed by atoms with Gasteiger partial charge in [0.1, 0.15) is 12.1 Å². The van der Waals surface area contributed by atoms with Crippen LogP contribution in [0.3, 0.4) is 0 Å². The van der Waals surface area contributed by atoms with Gasteiger partial charge in [-0.15, -0.1) is 0 Å². The number of aliphatic hydroxyl groups is 1. The summed E-state index contributed by atoms with van der Waals surface area (Å²) in [7, 11) is 0. The molecule has 0 aliphatic carbocycles. The molecule has 0 aromatic rings. The number of carboxylic acid groups (broad SMARTS) is 4. The monoisotopic (exact) mass is 339 g/mol. The Morgan fingerprint density at radius 3 is 1.95 bits per heavy atom. The second-order valence-electron chi connectivity index (χ2n) is 4.41. The molecular formula is C11H17NO9S. The number of rotatable bonds is 11. The van der Waals surface area contributed by atoms with Crippen LogP contribution in [0.4, 0.5) is 0 Å². The fourth-order valence-corrected chi connectivity index (χ4v) is 2.13. The first-order chi connectivity index (χ1) is 10.1. The standard InChI is InChI=1S/C11H17NO9S/c1-22-3-2-5(8(15)16)12-7(9(17)18)11(21,10(19)20)4-6(13)14/h5,7,12,21H,2-4H2,1H3,(H,13,14)(H,15,16)(H,17,18)(H,19,20)/t5-,7?,11?/m0/s1. The van der Waals surface area contributed by atoms with Crippen LogP contribution in [-0.4, -0.2) is 79.1 Å². The van der Waals surface area contributed by atoms with E-state index in [1.54, 1.807) is 6.26 Å². The zero-order valence-electron chi connectivity index (χ0n) is 11.6. The van der Waals surface area contributed by atoms with Crippen LogP contribution in [0.25, 0.3) is 0 Å². The fraction of sp³-hybridized carbons (Fsp3) is 0.636. The molecule has 0 saturated carbocycles. The molecule has 6 N–H and O–H groups in total. The summed E-state index contributed by atoms with van der Waals surface area (Å²) in [5, 5.41) is 47.6. The maximum atomic E-state index is 11.2. The summed E-state index contributed by atoms with van der Waals surface area (Å²) in [6, 6.07) is -3.75. The highest BCUT2D eigenvalue weighted by Crippen LogP contribution is 2.18. The van der Waals surface area contributed by atoms with Crippen molar-refractivity contribution in [1.29, 1.82) is 0 Å². The first kappa shape index (κ1) is 20.1. The van der Waals surface area contributed by atoms with Crippen LogP contribution in [0.5, 0.6) is 0 Å². The Hall–Kier alpha value is -1.85. The van der Waals surface area contributed by atoms with Crippen molar-refractivity contribution < 1.29 is 44.7 Å². The van der Waals surface area contributed by atoms with Gasteiger partial charge >= 0.3 is 23.9 Å². The molecule has 3 atom stereocenters. The highest BCUT2D eigenvalue weighted by molar-refractivity contribution is 7.98. The molecular weight excluding hydrogens is 322 g/mol. The largest absolute Gasteiger partial charge is 0.481 e. The minimum absolute atomic E-state index is 0.0386. The molecule has 2 unspecified atom stereocenters. The van der Waals surface area contributed by atoms with E-state index in [2.05, 4.69) is 0 Å². The normalized spacial score (nSPS) is 16.3. The van der Waals surface area contributed by atoms with Gasteiger partial charge in [0.15, 0.2) is 5.60 Å². The molecule has 0 saturated heterocycles. The van der Waals surface area contributed by atoms with Crippen molar-refractivity contribution in [2.24, 2.45) is 0 Å². The van der Waals surface area contributed by atoms with E-state index in [0.717, 1.165) is 0 Å². The van der Waals surface area contributed by atoms with Gasteiger partial charge in [-0.25, -0.2) is 4.79 Å². The van der Waals surface area contributed by atoms with E-state index >= 15 is 0 Å². The topological polar surface area (TPSA) is 181 Å². The Balaban J connectivity index is 5.48. The van der Waals surface area contributed by atoms with E-state index in [0.29, 0.717) is 5.75 Å². The molecule has 0 radical (unpaired) electrons. The molecule has 0 amide bonds. The molecule has 0 fully saturated rings. The summed E-state index contributed by atoms with van der Waals surface area (Å²) < 4.78 is 0. The smallest absolute Gasteiger partial charge is 0.338 e. The van der Waals surface area contributed by atoms with E-state index in [-0.39, 0.29) is 6.42 Å². The number of hydrogen-bond donors (Lipinski definition) is 6. The molecule has 0 aromatic carbocycles. The van der Waals surface area contributed by atoms with Crippen LogP contribution in [-0.2, 0) is 19.2 Å². The Morgan fingerprint density at radius 1 is 1.09 bits per heavy atom. The molecule has 0 rings (SSSR count). The SMILES string of the molecule is CSCC[C@H](NC(C(=O)O)C(O)(CC(=O)O)C(=O)O)C(=O)O. The molecule has 11 heteroatoms. The van der Waals surface area contributed by atoms with Crippen molar-refractivity contribution in [2.45, 2.75) is 30.5 Å². The summed E-state index contributed by atoms with van der Waals surface area (Å²) in [5.41, 5.74) is -3.19. The third-order valence-electron chi connectivity index (χ3n) is 2.79. The first-order valence-electron chi connectivity index (χ1n) is 5.94. The van der Waals surface area contributed by atoms with Gasteiger partial charge in [-0.1, -0.05) is 0 Å². The van der Waals surface area contributed by atoms with Crippen LogP contribution in [0.2, 0.25) is 0 Å². The second kappa shape index (κ2) is 8.56. The molecule has 0 aliphatic rings. The maximum absolute atomic E-state index is 11.2. The lowest BCUT2D eigenvalue weighted by Gasteiger charge is -2.31. The fourth-order valence-electron chi connectivity index (χ4n) is 1.66. The molecule has 0 spiro atoms. The highest BCUT2D eigenvalue weighted by atomic mass is 32.2. The number of aliphatic carboxylic acids is 4. The van der Waals surface area contributed by atoms with Gasteiger partial charge in [-0.2, -0.15) is 11.8 Å². The Kier molecular flexibility index (Phi) is 7.84. The zero-order valence-corrected chi connectivity index (χ0v) is 12.4. The number of hydrogen-bond acceptors (Lipinski definition) is 7. The minimum atomic E-state index is -3.19. The van der Waals surface area contributed by atoms with Crippen LogP contribution in [0.1, 0.15) is 12.8 Å². The average molecular weight is 339 g/mol. The van der Waals surface area contributed by atoms with Crippen molar-refractivity contribution >= 4 is 35.6 Å². The van der Waals surface area contributed by atoms with E-state index in [9.17, 15) is 24.3 Å². The molecule has 0 aromatic heterocycles. The van der Waals surface area contributed by atoms with Crippen molar-refractivity contribution in [2.75, 3.05) is 12.0 Å². The Labute approximate surface area is 129 Å². The van der Waals surface area contributed by atoms with Crippen molar-refractivity contribution in [3.05, 3.63) is 0 Å². The van der Waals surface area contributed by atoms with Crippen molar-refractivity contribution in [3.8, 4) is 0 Å². The van der Waals surface area contributed by atoms with E-state index in [1.807, 2.05) is 5.32 Å². The Morgan fingerprint density at radius 2 is 1.64 bits per heavy atom. The average Bonchev–Trinajstić information content (AvgIpc) is 2.36. The van der Waals surface area contributed by atoms with Gasteiger partial charge in [-0.3, -0.25) is 19.7 Å². The summed E-state index contributed by atoms with van der Waals surface area (Å²) in [6.07, 6.45) is 0.246. The third-order valence-corrected chi connectivity index (χ3v) is 3.44. The minimum Gasteiger partial charge on any atom is -0.481 e. The van der Waals surface area contributed by atoms with Gasteiger partial charge in [0.05, 0.1) is 6.42 Å². The summed E-state index contributed by atoms with van der Waals surface area (Å²) >= 11 is 1.28. The quantitative estimate of drug-likeness (QED) is 0.258. The first-order valence-corrected chi connectivity index (χ1v) is 7.33.